The molecule has 1 aliphatic rings. The minimum atomic E-state index is -0.0308. The number of rotatable bonds is 3. The van der Waals surface area contributed by atoms with Crippen molar-refractivity contribution in [3.8, 4) is 0 Å². The average Bonchev–Trinajstić information content (AvgIpc) is 2.93. The lowest BCUT2D eigenvalue weighted by molar-refractivity contribution is 0.0725. The number of carbonyl (C=O) groups is 1. The van der Waals surface area contributed by atoms with Crippen LogP contribution in [0.3, 0.4) is 0 Å². The van der Waals surface area contributed by atoms with Crippen molar-refractivity contribution in [1.82, 2.24) is 25.1 Å². The summed E-state index contributed by atoms with van der Waals surface area (Å²) in [4.78, 5) is 25.8. The molecule has 24 heavy (non-hydrogen) atoms. The number of aryl methyl sites for hydroxylation is 2. The van der Waals surface area contributed by atoms with Crippen LogP contribution in [0.15, 0.2) is 0 Å². The van der Waals surface area contributed by atoms with Crippen LogP contribution in [0.1, 0.15) is 45.8 Å². The molecule has 0 bridgehead atoms. The standard InChI is InChI=1S/C17H24N6O/c1-6-13-10(2)15(21-20-13)17(24)23-8-7-12-14(9-23)18-11(3)19-16(12)22(4)5/h6-9H2,1-5H3,(H,20,21). The Morgan fingerprint density at radius 2 is 2.04 bits per heavy atom. The molecule has 0 fully saturated rings. The third-order valence-electron chi connectivity index (χ3n) is 4.53. The maximum absolute atomic E-state index is 12.9. The molecule has 0 atom stereocenters. The van der Waals surface area contributed by atoms with Crippen molar-refractivity contribution >= 4 is 11.7 Å². The quantitative estimate of drug-likeness (QED) is 0.927. The molecule has 1 aliphatic heterocycles. The molecule has 3 rings (SSSR count). The van der Waals surface area contributed by atoms with Crippen molar-refractivity contribution in [2.24, 2.45) is 0 Å². The molecule has 0 unspecified atom stereocenters. The predicted molar refractivity (Wildman–Crippen MR) is 92.2 cm³/mol. The molecular formula is C17H24N6O. The molecular weight excluding hydrogens is 304 g/mol. The van der Waals surface area contributed by atoms with Crippen LogP contribution in [0, 0.1) is 13.8 Å². The van der Waals surface area contributed by atoms with Gasteiger partial charge in [-0.3, -0.25) is 9.89 Å². The van der Waals surface area contributed by atoms with Gasteiger partial charge in [-0.05, 0) is 26.7 Å². The Balaban J connectivity index is 1.89. The van der Waals surface area contributed by atoms with E-state index in [-0.39, 0.29) is 5.91 Å². The van der Waals surface area contributed by atoms with Gasteiger partial charge in [-0.2, -0.15) is 5.10 Å². The molecule has 7 nitrogen and oxygen atoms in total. The molecule has 0 aliphatic carbocycles. The number of aromatic amines is 1. The van der Waals surface area contributed by atoms with Crippen molar-refractivity contribution < 1.29 is 4.79 Å². The fourth-order valence-electron chi connectivity index (χ4n) is 3.21. The third kappa shape index (κ3) is 2.74. The predicted octanol–water partition coefficient (Wildman–Crippen LogP) is 1.64. The Labute approximate surface area is 142 Å². The van der Waals surface area contributed by atoms with Crippen LogP contribution < -0.4 is 4.90 Å². The summed E-state index contributed by atoms with van der Waals surface area (Å²) < 4.78 is 0. The van der Waals surface area contributed by atoms with E-state index < -0.39 is 0 Å². The number of hydrogen-bond acceptors (Lipinski definition) is 5. The number of aromatic nitrogens is 4. The summed E-state index contributed by atoms with van der Waals surface area (Å²) in [5, 5.41) is 7.19. The smallest absolute Gasteiger partial charge is 0.274 e. The van der Waals surface area contributed by atoms with E-state index in [1.165, 1.54) is 0 Å². The van der Waals surface area contributed by atoms with Crippen LogP contribution >= 0.6 is 0 Å². The van der Waals surface area contributed by atoms with Gasteiger partial charge in [0.05, 0.1) is 12.2 Å². The third-order valence-corrected chi connectivity index (χ3v) is 4.53. The van der Waals surface area contributed by atoms with Crippen molar-refractivity contribution in [1.29, 1.82) is 0 Å². The SMILES string of the molecule is CCc1[nH]nc(C(=O)N2CCc3c(nc(C)nc3N(C)C)C2)c1C. The highest BCUT2D eigenvalue weighted by molar-refractivity contribution is 5.94. The molecule has 1 N–H and O–H groups in total. The highest BCUT2D eigenvalue weighted by Gasteiger charge is 2.28. The van der Waals surface area contributed by atoms with E-state index in [4.69, 9.17) is 0 Å². The molecule has 0 radical (unpaired) electrons. The van der Waals surface area contributed by atoms with Crippen LogP contribution in [0.2, 0.25) is 0 Å². The highest BCUT2D eigenvalue weighted by Crippen LogP contribution is 2.26. The maximum Gasteiger partial charge on any atom is 0.274 e. The molecule has 3 heterocycles. The summed E-state index contributed by atoms with van der Waals surface area (Å²) in [6.07, 6.45) is 1.60. The number of fused-ring (bicyclic) bond motifs is 1. The van der Waals surface area contributed by atoms with E-state index in [0.29, 0.717) is 18.8 Å². The first kappa shape index (κ1) is 16.4. The molecule has 7 heteroatoms. The van der Waals surface area contributed by atoms with Gasteiger partial charge in [-0.25, -0.2) is 9.97 Å². The van der Waals surface area contributed by atoms with Crippen LogP contribution in [-0.4, -0.2) is 51.6 Å². The van der Waals surface area contributed by atoms with Crippen molar-refractivity contribution in [3.63, 3.8) is 0 Å². The lowest BCUT2D eigenvalue weighted by Gasteiger charge is -2.30. The number of nitrogens with zero attached hydrogens (tertiary/aromatic N) is 5. The summed E-state index contributed by atoms with van der Waals surface area (Å²) in [6.45, 7) is 7.05. The van der Waals surface area contributed by atoms with Crippen molar-refractivity contribution in [2.45, 2.75) is 40.2 Å². The van der Waals surface area contributed by atoms with E-state index in [1.54, 1.807) is 0 Å². The summed E-state index contributed by atoms with van der Waals surface area (Å²) in [5.41, 5.74) is 4.57. The monoisotopic (exact) mass is 328 g/mol. The largest absolute Gasteiger partial charge is 0.362 e. The minimum absolute atomic E-state index is 0.0308. The molecule has 0 saturated heterocycles. The Bertz CT molecular complexity index is 780. The van der Waals surface area contributed by atoms with E-state index in [0.717, 1.165) is 47.0 Å². The number of carbonyl (C=O) groups excluding carboxylic acids is 1. The number of nitrogens with one attached hydrogen (secondary N) is 1. The number of amides is 1. The van der Waals surface area contributed by atoms with Crippen LogP contribution in [-0.2, 0) is 19.4 Å². The van der Waals surface area contributed by atoms with E-state index in [1.807, 2.05) is 44.7 Å². The summed E-state index contributed by atoms with van der Waals surface area (Å²) in [6, 6.07) is 0. The van der Waals surface area contributed by atoms with Crippen LogP contribution in [0.4, 0.5) is 5.82 Å². The zero-order valence-corrected chi connectivity index (χ0v) is 15.0. The van der Waals surface area contributed by atoms with Gasteiger partial charge < -0.3 is 9.80 Å². The Kier molecular flexibility index (Phi) is 4.26. The zero-order chi connectivity index (χ0) is 17.4. The van der Waals surface area contributed by atoms with Gasteiger partial charge in [0, 0.05) is 37.5 Å². The summed E-state index contributed by atoms with van der Waals surface area (Å²) in [5.74, 6) is 1.65. The highest BCUT2D eigenvalue weighted by atomic mass is 16.2. The summed E-state index contributed by atoms with van der Waals surface area (Å²) >= 11 is 0. The topological polar surface area (TPSA) is 78.0 Å². The first-order chi connectivity index (χ1) is 11.4. The van der Waals surface area contributed by atoms with Crippen molar-refractivity contribution in [3.05, 3.63) is 34.0 Å². The number of H-pyrrole nitrogens is 1. The van der Waals surface area contributed by atoms with E-state index >= 15 is 0 Å². The number of anilines is 1. The molecule has 1 amide bonds. The first-order valence-electron chi connectivity index (χ1n) is 8.29. The fraction of sp³-hybridized carbons (Fsp3) is 0.529. The van der Waals surface area contributed by atoms with Gasteiger partial charge in [0.1, 0.15) is 11.6 Å². The molecule has 0 spiro atoms. The number of hydrogen-bond donors (Lipinski definition) is 1. The normalized spacial score (nSPS) is 13.8. The first-order valence-corrected chi connectivity index (χ1v) is 8.29. The minimum Gasteiger partial charge on any atom is -0.362 e. The Hall–Kier alpha value is -2.44. The molecule has 0 aromatic carbocycles. The van der Waals surface area contributed by atoms with Crippen molar-refractivity contribution in [2.75, 3.05) is 25.5 Å². The maximum atomic E-state index is 12.9. The second-order valence-electron chi connectivity index (χ2n) is 6.42. The van der Waals surface area contributed by atoms with E-state index in [2.05, 4.69) is 20.2 Å². The Morgan fingerprint density at radius 3 is 2.67 bits per heavy atom. The van der Waals surface area contributed by atoms with E-state index in [9.17, 15) is 4.79 Å². The zero-order valence-electron chi connectivity index (χ0n) is 15.0. The molecule has 0 saturated carbocycles. The van der Waals surface area contributed by atoms with Gasteiger partial charge in [0.15, 0.2) is 5.69 Å². The summed E-state index contributed by atoms with van der Waals surface area (Å²) in [7, 11) is 3.97. The lowest BCUT2D eigenvalue weighted by Crippen LogP contribution is -2.38. The van der Waals surface area contributed by atoms with Gasteiger partial charge in [0.2, 0.25) is 0 Å². The fourth-order valence-corrected chi connectivity index (χ4v) is 3.21. The molecule has 2 aromatic heterocycles. The lowest BCUT2D eigenvalue weighted by atomic mass is 10.0. The molecule has 2 aromatic rings. The van der Waals surface area contributed by atoms with Crippen LogP contribution in [0.5, 0.6) is 0 Å². The van der Waals surface area contributed by atoms with Gasteiger partial charge in [0.25, 0.3) is 5.91 Å². The van der Waals surface area contributed by atoms with Crippen LogP contribution in [0.25, 0.3) is 0 Å². The average molecular weight is 328 g/mol. The second kappa shape index (κ2) is 6.22. The van der Waals surface area contributed by atoms with Gasteiger partial charge >= 0.3 is 0 Å². The molecule has 128 valence electrons. The van der Waals surface area contributed by atoms with Gasteiger partial charge in [-0.15, -0.1) is 0 Å². The second-order valence-corrected chi connectivity index (χ2v) is 6.42. The Morgan fingerprint density at radius 1 is 1.29 bits per heavy atom. The van der Waals surface area contributed by atoms with Gasteiger partial charge in [-0.1, -0.05) is 6.92 Å².